The molecule has 4 amide bonds. The first-order valence-electron chi connectivity index (χ1n) is 10.5. The van der Waals surface area contributed by atoms with Crippen molar-refractivity contribution in [3.05, 3.63) is 41.2 Å². The van der Waals surface area contributed by atoms with Gasteiger partial charge in [0.1, 0.15) is 11.4 Å². The van der Waals surface area contributed by atoms with Crippen molar-refractivity contribution in [2.45, 2.75) is 31.7 Å². The molecule has 1 unspecified atom stereocenters. The molecule has 2 fully saturated rings. The number of hydrogen-bond donors (Lipinski definition) is 2. The van der Waals surface area contributed by atoms with Gasteiger partial charge in [-0.2, -0.15) is 4.31 Å². The highest BCUT2D eigenvalue weighted by atomic mass is 32.2. The Labute approximate surface area is 191 Å². The molecule has 3 heterocycles. The molecule has 0 radical (unpaired) electrons. The van der Waals surface area contributed by atoms with Crippen LogP contribution in [-0.2, 0) is 19.6 Å². The molecule has 3 aliphatic rings. The third-order valence-corrected chi connectivity index (χ3v) is 7.85. The molecule has 1 atom stereocenters. The number of carbonyl (C=O) groups excluding carboxylic acids is 3. The van der Waals surface area contributed by atoms with E-state index in [-0.39, 0.29) is 19.0 Å². The van der Waals surface area contributed by atoms with Crippen LogP contribution in [0, 0.1) is 17.7 Å². The van der Waals surface area contributed by atoms with Gasteiger partial charge in [0.15, 0.2) is 0 Å². The van der Waals surface area contributed by atoms with Crippen LogP contribution in [0.3, 0.4) is 0 Å². The van der Waals surface area contributed by atoms with Crippen LogP contribution in [0.5, 0.6) is 0 Å². The van der Waals surface area contributed by atoms with E-state index in [0.29, 0.717) is 36.2 Å². The lowest BCUT2D eigenvalue weighted by molar-refractivity contribution is -0.122. The van der Waals surface area contributed by atoms with Gasteiger partial charge in [-0.05, 0) is 38.0 Å². The molecular formula is C22H23FN4O5S. The van der Waals surface area contributed by atoms with Crippen LogP contribution >= 0.6 is 0 Å². The molecule has 0 aromatic heterocycles. The van der Waals surface area contributed by atoms with E-state index in [4.69, 9.17) is 0 Å². The monoisotopic (exact) mass is 474 g/mol. The fraction of sp³-hybridized carbons (Fsp3) is 0.409. The molecule has 3 aliphatic heterocycles. The number of carbonyl (C=O) groups is 3. The fourth-order valence-corrected chi connectivity index (χ4v) is 5.82. The third-order valence-electron chi connectivity index (χ3n) is 5.79. The molecule has 0 spiro atoms. The fourth-order valence-electron chi connectivity index (χ4n) is 4.03. The molecule has 0 bridgehead atoms. The normalized spacial score (nSPS) is 23.6. The molecule has 2 saturated heterocycles. The van der Waals surface area contributed by atoms with E-state index in [9.17, 15) is 27.2 Å². The lowest BCUT2D eigenvalue weighted by atomic mass is 10.1. The van der Waals surface area contributed by atoms with Crippen LogP contribution < -0.4 is 15.5 Å². The lowest BCUT2D eigenvalue weighted by Crippen LogP contribution is -2.52. The van der Waals surface area contributed by atoms with Crippen LogP contribution in [0.1, 0.15) is 31.7 Å². The van der Waals surface area contributed by atoms with Crippen molar-refractivity contribution in [2.24, 2.45) is 0 Å². The summed E-state index contributed by atoms with van der Waals surface area (Å²) < 4.78 is 40.8. The number of nitrogens with zero attached hydrogens (tertiary/aromatic N) is 2. The van der Waals surface area contributed by atoms with Gasteiger partial charge in [-0.1, -0.05) is 17.9 Å². The van der Waals surface area contributed by atoms with E-state index >= 15 is 0 Å². The second-order valence-electron chi connectivity index (χ2n) is 8.43. The number of hydrogen-bond acceptors (Lipinski definition) is 5. The Bertz CT molecular complexity index is 1230. The van der Waals surface area contributed by atoms with Crippen LogP contribution in [0.4, 0.5) is 14.9 Å². The summed E-state index contributed by atoms with van der Waals surface area (Å²) in [5.74, 6) is 4.10. The Morgan fingerprint density at radius 3 is 2.52 bits per heavy atom. The van der Waals surface area contributed by atoms with Crippen LogP contribution in [0.2, 0.25) is 0 Å². The number of urea groups is 1. The summed E-state index contributed by atoms with van der Waals surface area (Å²) in [4.78, 5) is 36.8. The highest BCUT2D eigenvalue weighted by Crippen LogP contribution is 2.24. The molecular weight excluding hydrogens is 451 g/mol. The van der Waals surface area contributed by atoms with Gasteiger partial charge in [-0.3, -0.25) is 14.9 Å². The third kappa shape index (κ3) is 4.91. The second-order valence-corrected chi connectivity index (χ2v) is 10.4. The van der Waals surface area contributed by atoms with E-state index in [1.165, 1.54) is 23.4 Å². The molecule has 2 N–H and O–H groups in total. The van der Waals surface area contributed by atoms with Crippen molar-refractivity contribution < 1.29 is 27.2 Å². The first-order chi connectivity index (χ1) is 15.6. The van der Waals surface area contributed by atoms with Crippen LogP contribution in [-0.4, -0.2) is 61.5 Å². The summed E-state index contributed by atoms with van der Waals surface area (Å²) in [5, 5.41) is 4.41. The Balaban J connectivity index is 1.44. The van der Waals surface area contributed by atoms with Gasteiger partial charge in [0, 0.05) is 42.9 Å². The van der Waals surface area contributed by atoms with Crippen molar-refractivity contribution in [1.29, 1.82) is 0 Å². The standard InChI is InChI=1S/C22H23FN4O5S/c1-22(20(29)24-21(30)25-22)14-33(31,32)26-9-6-15(7-10-26)4-5-16-11-17(23)13-18(12-16)27-8-2-3-19(27)28/h6,11-13H,2-3,7-10,14H2,1H3,(H2,24,25,29,30). The molecule has 1 aromatic carbocycles. The average molecular weight is 475 g/mol. The van der Waals surface area contributed by atoms with Gasteiger partial charge in [0.2, 0.25) is 15.9 Å². The maximum Gasteiger partial charge on any atom is 0.322 e. The highest BCUT2D eigenvalue weighted by molar-refractivity contribution is 7.89. The van der Waals surface area contributed by atoms with Gasteiger partial charge < -0.3 is 10.2 Å². The summed E-state index contributed by atoms with van der Waals surface area (Å²) in [5.41, 5.74) is 0.0957. The number of nitrogens with one attached hydrogen (secondary N) is 2. The van der Waals surface area contributed by atoms with Crippen molar-refractivity contribution >= 4 is 33.6 Å². The number of imide groups is 1. The summed E-state index contributed by atoms with van der Waals surface area (Å²) in [7, 11) is -3.82. The van der Waals surface area contributed by atoms with Crippen molar-refractivity contribution in [2.75, 3.05) is 30.3 Å². The number of sulfonamides is 1. The maximum absolute atomic E-state index is 14.1. The summed E-state index contributed by atoms with van der Waals surface area (Å²) in [6, 6.07) is 3.55. The first-order valence-corrected chi connectivity index (χ1v) is 12.1. The molecule has 9 nitrogen and oxygen atoms in total. The van der Waals surface area contributed by atoms with Gasteiger partial charge in [-0.15, -0.1) is 0 Å². The van der Waals surface area contributed by atoms with Crippen molar-refractivity contribution in [3.8, 4) is 11.8 Å². The van der Waals surface area contributed by atoms with Crippen molar-refractivity contribution in [3.63, 3.8) is 0 Å². The van der Waals surface area contributed by atoms with E-state index < -0.39 is 39.1 Å². The Morgan fingerprint density at radius 2 is 1.91 bits per heavy atom. The summed E-state index contributed by atoms with van der Waals surface area (Å²) in [6.07, 6.45) is 3.21. The average Bonchev–Trinajstić information content (AvgIpc) is 3.27. The zero-order valence-corrected chi connectivity index (χ0v) is 18.8. The van der Waals surface area contributed by atoms with Crippen molar-refractivity contribution in [1.82, 2.24) is 14.9 Å². The number of benzene rings is 1. The number of amides is 4. The Kier molecular flexibility index (Phi) is 5.99. The SMILES string of the molecule is CC1(CS(=O)(=O)N2CC=C(C#Cc3cc(F)cc(N4CCCC4=O)c3)CC2)NC(=O)NC1=O. The lowest BCUT2D eigenvalue weighted by Gasteiger charge is -2.28. The minimum absolute atomic E-state index is 0.0423. The summed E-state index contributed by atoms with van der Waals surface area (Å²) in [6.45, 7) is 2.17. The molecule has 0 saturated carbocycles. The van der Waals surface area contributed by atoms with Crippen LogP contribution in [0.25, 0.3) is 0 Å². The first kappa shape index (κ1) is 22.9. The van der Waals surface area contributed by atoms with E-state index in [1.54, 1.807) is 17.0 Å². The molecule has 1 aromatic rings. The molecule has 4 rings (SSSR count). The number of anilines is 1. The van der Waals surface area contributed by atoms with E-state index in [0.717, 1.165) is 6.42 Å². The zero-order chi connectivity index (χ0) is 23.8. The smallest absolute Gasteiger partial charge is 0.322 e. The maximum atomic E-state index is 14.1. The van der Waals surface area contributed by atoms with E-state index in [1.807, 2.05) is 5.32 Å². The topological polar surface area (TPSA) is 116 Å². The van der Waals surface area contributed by atoms with Crippen LogP contribution in [0.15, 0.2) is 29.8 Å². The molecule has 0 aliphatic carbocycles. The van der Waals surface area contributed by atoms with E-state index in [2.05, 4.69) is 17.2 Å². The van der Waals surface area contributed by atoms with Gasteiger partial charge >= 0.3 is 6.03 Å². The number of rotatable bonds is 4. The highest BCUT2D eigenvalue weighted by Gasteiger charge is 2.46. The number of halogens is 1. The van der Waals surface area contributed by atoms with Gasteiger partial charge in [0.25, 0.3) is 5.91 Å². The minimum atomic E-state index is -3.82. The Morgan fingerprint density at radius 1 is 1.12 bits per heavy atom. The minimum Gasteiger partial charge on any atom is -0.322 e. The van der Waals surface area contributed by atoms with Gasteiger partial charge in [0.05, 0.1) is 5.75 Å². The quantitative estimate of drug-likeness (QED) is 0.496. The zero-order valence-electron chi connectivity index (χ0n) is 18.0. The predicted molar refractivity (Wildman–Crippen MR) is 118 cm³/mol. The Hall–Kier alpha value is -3.23. The second kappa shape index (κ2) is 8.61. The predicted octanol–water partition coefficient (Wildman–Crippen LogP) is 0.864. The summed E-state index contributed by atoms with van der Waals surface area (Å²) >= 11 is 0. The molecule has 33 heavy (non-hydrogen) atoms. The molecule has 174 valence electrons. The van der Waals surface area contributed by atoms with Gasteiger partial charge in [-0.25, -0.2) is 17.6 Å². The molecule has 11 heteroatoms. The largest absolute Gasteiger partial charge is 0.322 e.